The summed E-state index contributed by atoms with van der Waals surface area (Å²) in [5.74, 6) is -2.01. The lowest BCUT2D eigenvalue weighted by Crippen LogP contribution is -2.32. The van der Waals surface area contributed by atoms with Gasteiger partial charge in [0.2, 0.25) is 0 Å². The van der Waals surface area contributed by atoms with Gasteiger partial charge in [0, 0.05) is 6.20 Å². The van der Waals surface area contributed by atoms with Crippen LogP contribution in [0.5, 0.6) is 0 Å². The number of hydrazone groups is 1. The number of nitrogens with two attached hydrogens (primary N) is 1. The molecule has 0 aromatic carbocycles. The third-order valence-electron chi connectivity index (χ3n) is 1.22. The summed E-state index contributed by atoms with van der Waals surface area (Å²) >= 11 is 0. The van der Waals surface area contributed by atoms with Crippen molar-refractivity contribution in [2.45, 2.75) is 0 Å². The van der Waals surface area contributed by atoms with Crippen molar-refractivity contribution >= 4 is 18.0 Å². The van der Waals surface area contributed by atoms with E-state index in [-0.39, 0.29) is 0 Å². The van der Waals surface area contributed by atoms with Crippen molar-refractivity contribution in [1.29, 1.82) is 0 Å². The van der Waals surface area contributed by atoms with E-state index in [1.165, 1.54) is 6.21 Å². The van der Waals surface area contributed by atoms with Crippen LogP contribution < -0.4 is 11.2 Å². The normalized spacial score (nSPS) is 10.2. The summed E-state index contributed by atoms with van der Waals surface area (Å²) in [5, 5.41) is 3.48. The van der Waals surface area contributed by atoms with Gasteiger partial charge in [-0.25, -0.2) is 5.43 Å². The molecule has 0 bridgehead atoms. The van der Waals surface area contributed by atoms with E-state index in [2.05, 4.69) is 15.8 Å². The lowest BCUT2D eigenvalue weighted by molar-refractivity contribution is -0.137. The van der Waals surface area contributed by atoms with Gasteiger partial charge in [-0.05, 0) is 12.1 Å². The molecule has 1 aromatic rings. The summed E-state index contributed by atoms with van der Waals surface area (Å²) in [5.41, 5.74) is 7.33. The molecule has 2 amide bonds. The first-order valence-corrected chi connectivity index (χ1v) is 3.46. The molecule has 68 valence electrons. The predicted molar refractivity (Wildman–Crippen MR) is 45.7 cm³/mol. The van der Waals surface area contributed by atoms with E-state index in [9.17, 15) is 9.59 Å². The highest BCUT2D eigenvalue weighted by Crippen LogP contribution is 1.87. The predicted octanol–water partition coefficient (Wildman–Crippen LogP) is -1.05. The molecule has 1 rings (SSSR count). The number of H-pyrrole nitrogens is 1. The number of amides is 2. The fourth-order valence-corrected chi connectivity index (χ4v) is 0.640. The zero-order chi connectivity index (χ0) is 9.68. The Morgan fingerprint density at radius 1 is 1.62 bits per heavy atom. The Balaban J connectivity index is 2.43. The zero-order valence-corrected chi connectivity index (χ0v) is 6.65. The van der Waals surface area contributed by atoms with Crippen LogP contribution in [0, 0.1) is 0 Å². The first-order chi connectivity index (χ1) is 6.20. The van der Waals surface area contributed by atoms with Crippen molar-refractivity contribution in [1.82, 2.24) is 10.4 Å². The van der Waals surface area contributed by atoms with Gasteiger partial charge in [0.05, 0.1) is 11.9 Å². The van der Waals surface area contributed by atoms with Gasteiger partial charge in [0.25, 0.3) is 0 Å². The second-order valence-corrected chi connectivity index (χ2v) is 2.19. The maximum absolute atomic E-state index is 10.6. The molecule has 6 heteroatoms. The van der Waals surface area contributed by atoms with E-state index in [1.54, 1.807) is 18.3 Å². The van der Waals surface area contributed by atoms with Gasteiger partial charge in [-0.15, -0.1) is 0 Å². The molecule has 0 unspecified atom stereocenters. The van der Waals surface area contributed by atoms with Crippen molar-refractivity contribution < 1.29 is 9.59 Å². The highest BCUT2D eigenvalue weighted by Gasteiger charge is 2.04. The van der Waals surface area contributed by atoms with E-state index in [0.29, 0.717) is 5.69 Å². The Morgan fingerprint density at radius 2 is 2.38 bits per heavy atom. The van der Waals surface area contributed by atoms with E-state index in [0.717, 1.165) is 0 Å². The summed E-state index contributed by atoms with van der Waals surface area (Å²) < 4.78 is 0. The van der Waals surface area contributed by atoms with Gasteiger partial charge in [-0.2, -0.15) is 5.10 Å². The minimum Gasteiger partial charge on any atom is -0.361 e. The second kappa shape index (κ2) is 4.05. The Labute approximate surface area is 73.8 Å². The standard InChI is InChI=1S/C7H8N4O2/c8-6(12)7(13)11-10-4-5-2-1-3-9-5/h1-4,9H,(H2,8,12)(H,11,13)/b10-4+. The Morgan fingerprint density at radius 3 is 2.92 bits per heavy atom. The molecule has 0 aliphatic rings. The lowest BCUT2D eigenvalue weighted by atomic mass is 10.5. The lowest BCUT2D eigenvalue weighted by Gasteiger charge is -1.91. The highest BCUT2D eigenvalue weighted by molar-refractivity contribution is 6.34. The van der Waals surface area contributed by atoms with Crippen molar-refractivity contribution in [3.8, 4) is 0 Å². The first kappa shape index (κ1) is 8.98. The van der Waals surface area contributed by atoms with E-state index >= 15 is 0 Å². The first-order valence-electron chi connectivity index (χ1n) is 3.46. The van der Waals surface area contributed by atoms with Crippen molar-refractivity contribution in [3.63, 3.8) is 0 Å². The van der Waals surface area contributed by atoms with Gasteiger partial charge in [0.1, 0.15) is 0 Å². The summed E-state index contributed by atoms with van der Waals surface area (Å²) in [6.07, 6.45) is 3.07. The fraction of sp³-hybridized carbons (Fsp3) is 0. The van der Waals surface area contributed by atoms with Gasteiger partial charge >= 0.3 is 11.8 Å². The van der Waals surface area contributed by atoms with E-state index in [4.69, 9.17) is 0 Å². The third kappa shape index (κ3) is 2.78. The number of aromatic nitrogens is 1. The van der Waals surface area contributed by atoms with Crippen LogP contribution in [0.2, 0.25) is 0 Å². The minimum absolute atomic E-state index is 0.713. The van der Waals surface area contributed by atoms with Crippen LogP contribution in [0.15, 0.2) is 23.4 Å². The molecule has 0 radical (unpaired) electrons. The van der Waals surface area contributed by atoms with Gasteiger partial charge < -0.3 is 10.7 Å². The SMILES string of the molecule is NC(=O)C(=O)N/N=C/c1ccc[nH]1. The average Bonchev–Trinajstić information content (AvgIpc) is 2.56. The number of hydrogen-bond acceptors (Lipinski definition) is 3. The number of primary amides is 1. The molecular weight excluding hydrogens is 172 g/mol. The molecule has 6 nitrogen and oxygen atoms in total. The molecule has 0 aliphatic carbocycles. The van der Waals surface area contributed by atoms with Crippen LogP contribution in [0.1, 0.15) is 5.69 Å². The summed E-state index contributed by atoms with van der Waals surface area (Å²) in [6, 6.07) is 3.52. The molecular formula is C7H8N4O2. The fourth-order valence-electron chi connectivity index (χ4n) is 0.640. The van der Waals surface area contributed by atoms with Crippen molar-refractivity contribution in [2.24, 2.45) is 10.8 Å². The third-order valence-corrected chi connectivity index (χ3v) is 1.22. The zero-order valence-electron chi connectivity index (χ0n) is 6.65. The van der Waals surface area contributed by atoms with Gasteiger partial charge in [0.15, 0.2) is 0 Å². The van der Waals surface area contributed by atoms with Crippen LogP contribution in [-0.2, 0) is 9.59 Å². The number of carbonyl (C=O) groups excluding carboxylic acids is 2. The minimum atomic E-state index is -1.07. The highest BCUT2D eigenvalue weighted by atomic mass is 16.2. The number of aromatic amines is 1. The Kier molecular flexibility index (Phi) is 2.80. The number of carbonyl (C=O) groups is 2. The topological polar surface area (TPSA) is 100 Å². The number of nitrogens with zero attached hydrogens (tertiary/aromatic N) is 1. The maximum Gasteiger partial charge on any atom is 0.329 e. The van der Waals surface area contributed by atoms with Crippen LogP contribution in [0.25, 0.3) is 0 Å². The molecule has 0 atom stereocenters. The Hall–Kier alpha value is -2.11. The van der Waals surface area contributed by atoms with Gasteiger partial charge in [-0.1, -0.05) is 0 Å². The summed E-state index contributed by atoms with van der Waals surface area (Å²) in [4.78, 5) is 23.6. The molecule has 0 spiro atoms. The summed E-state index contributed by atoms with van der Waals surface area (Å²) in [6.45, 7) is 0. The molecule has 1 aromatic heterocycles. The molecule has 0 fully saturated rings. The second-order valence-electron chi connectivity index (χ2n) is 2.19. The average molecular weight is 180 g/mol. The van der Waals surface area contributed by atoms with Crippen LogP contribution in [0.3, 0.4) is 0 Å². The monoisotopic (exact) mass is 180 g/mol. The molecule has 0 saturated heterocycles. The van der Waals surface area contributed by atoms with E-state index in [1.807, 2.05) is 5.43 Å². The van der Waals surface area contributed by atoms with Crippen LogP contribution >= 0.6 is 0 Å². The van der Waals surface area contributed by atoms with Crippen LogP contribution in [0.4, 0.5) is 0 Å². The number of rotatable bonds is 2. The Bertz CT molecular complexity index is 328. The van der Waals surface area contributed by atoms with Crippen molar-refractivity contribution in [2.75, 3.05) is 0 Å². The molecule has 1 heterocycles. The maximum atomic E-state index is 10.6. The quantitative estimate of drug-likeness (QED) is 0.307. The van der Waals surface area contributed by atoms with E-state index < -0.39 is 11.8 Å². The molecule has 4 N–H and O–H groups in total. The molecule has 0 saturated carbocycles. The number of nitrogens with one attached hydrogen (secondary N) is 2. The smallest absolute Gasteiger partial charge is 0.329 e. The van der Waals surface area contributed by atoms with Gasteiger partial charge in [-0.3, -0.25) is 9.59 Å². The van der Waals surface area contributed by atoms with Crippen LogP contribution in [-0.4, -0.2) is 23.0 Å². The largest absolute Gasteiger partial charge is 0.361 e. The molecule has 13 heavy (non-hydrogen) atoms. The summed E-state index contributed by atoms with van der Waals surface area (Å²) in [7, 11) is 0. The number of hydrogen-bond donors (Lipinski definition) is 3. The molecule has 0 aliphatic heterocycles. The van der Waals surface area contributed by atoms with Crippen molar-refractivity contribution in [3.05, 3.63) is 24.0 Å².